The molecule has 0 radical (unpaired) electrons. The molecule has 0 aliphatic carbocycles. The molecule has 2 aliphatic heterocycles. The van der Waals surface area contributed by atoms with Gasteiger partial charge in [0.1, 0.15) is 5.58 Å². The summed E-state index contributed by atoms with van der Waals surface area (Å²) in [7, 11) is 0. The molecule has 1 unspecified atom stereocenters. The van der Waals surface area contributed by atoms with Crippen LogP contribution in [0.3, 0.4) is 0 Å². The molecule has 10 heteroatoms. The van der Waals surface area contributed by atoms with Crippen LogP contribution in [0.2, 0.25) is 0 Å². The summed E-state index contributed by atoms with van der Waals surface area (Å²) in [6.45, 7) is 6.26. The van der Waals surface area contributed by atoms with E-state index < -0.39 is 16.9 Å². The molecular weight excluding hydrogens is 569 g/mol. The zero-order valence-electron chi connectivity index (χ0n) is 23.2. The maximum atomic E-state index is 14.7. The molecule has 8 nitrogen and oxygen atoms in total. The molecule has 0 bridgehead atoms. The minimum absolute atomic E-state index is 0.0352. The molecule has 1 atom stereocenters. The van der Waals surface area contributed by atoms with E-state index in [1.807, 2.05) is 75.4 Å². The molecule has 5 aromatic rings. The van der Waals surface area contributed by atoms with Gasteiger partial charge in [-0.3, -0.25) is 19.3 Å². The predicted molar refractivity (Wildman–Crippen MR) is 165 cm³/mol. The molecule has 42 heavy (non-hydrogen) atoms. The van der Waals surface area contributed by atoms with Crippen LogP contribution in [0.25, 0.3) is 11.0 Å². The number of benzene rings is 3. The Balaban J connectivity index is 1.46. The second-order valence-corrected chi connectivity index (χ2v) is 12.7. The Kier molecular flexibility index (Phi) is 6.29. The lowest BCUT2D eigenvalue weighted by Crippen LogP contribution is -2.53. The van der Waals surface area contributed by atoms with E-state index >= 15 is 0 Å². The molecule has 1 spiro atoms. The van der Waals surface area contributed by atoms with Gasteiger partial charge in [-0.2, -0.15) is 0 Å². The van der Waals surface area contributed by atoms with Gasteiger partial charge in [0.05, 0.1) is 16.6 Å². The number of para-hydroxylation sites is 1. The molecule has 4 heterocycles. The van der Waals surface area contributed by atoms with Crippen LogP contribution in [-0.4, -0.2) is 28.6 Å². The van der Waals surface area contributed by atoms with Crippen molar-refractivity contribution in [3.05, 3.63) is 111 Å². The fourth-order valence-corrected chi connectivity index (χ4v) is 7.78. The predicted octanol–water partition coefficient (Wildman–Crippen LogP) is 6.21. The quantitative estimate of drug-likeness (QED) is 0.170. The van der Waals surface area contributed by atoms with Gasteiger partial charge < -0.3 is 9.32 Å². The SMILES string of the molecule is CCCN1C(=O)C2(c3ccccc31)c1c(oc3cc(C)c(C)cc3c1=O)C(=O)N2c1nnc(SCc2ccccc2)s1. The van der Waals surface area contributed by atoms with Gasteiger partial charge in [-0.15, -0.1) is 10.2 Å². The largest absolute Gasteiger partial charge is 0.450 e. The minimum atomic E-state index is -1.76. The third-order valence-corrected chi connectivity index (χ3v) is 10.1. The van der Waals surface area contributed by atoms with Crippen LogP contribution < -0.4 is 15.2 Å². The summed E-state index contributed by atoms with van der Waals surface area (Å²) in [5.41, 5.74) is 2.39. The summed E-state index contributed by atoms with van der Waals surface area (Å²) in [6, 6.07) is 20.9. The Morgan fingerprint density at radius 2 is 1.69 bits per heavy atom. The summed E-state index contributed by atoms with van der Waals surface area (Å²) >= 11 is 2.72. The van der Waals surface area contributed by atoms with Crippen molar-refractivity contribution in [3.8, 4) is 0 Å². The second kappa shape index (κ2) is 9.92. The van der Waals surface area contributed by atoms with E-state index in [1.54, 1.807) is 17.0 Å². The maximum Gasteiger partial charge on any atom is 0.297 e. The van der Waals surface area contributed by atoms with Crippen LogP contribution >= 0.6 is 23.1 Å². The van der Waals surface area contributed by atoms with Gasteiger partial charge in [-0.1, -0.05) is 78.6 Å². The molecule has 2 aromatic heterocycles. The van der Waals surface area contributed by atoms with E-state index in [-0.39, 0.29) is 22.4 Å². The van der Waals surface area contributed by atoms with Crippen molar-refractivity contribution in [3.63, 3.8) is 0 Å². The Bertz CT molecular complexity index is 1970. The van der Waals surface area contributed by atoms with Crippen molar-refractivity contribution in [2.24, 2.45) is 0 Å². The molecule has 0 N–H and O–H groups in total. The lowest BCUT2D eigenvalue weighted by Gasteiger charge is -2.32. The molecule has 210 valence electrons. The molecule has 0 saturated heterocycles. The third-order valence-electron chi connectivity index (χ3n) is 7.98. The number of anilines is 2. The maximum absolute atomic E-state index is 14.7. The second-order valence-electron chi connectivity index (χ2n) is 10.5. The number of thioether (sulfide) groups is 1. The number of aromatic nitrogens is 2. The smallest absolute Gasteiger partial charge is 0.297 e. The molecule has 7 rings (SSSR count). The number of carbonyl (C=O) groups excluding carboxylic acids is 2. The van der Waals surface area contributed by atoms with Crippen molar-refractivity contribution in [2.75, 3.05) is 16.3 Å². The monoisotopic (exact) mass is 594 g/mol. The number of nitrogens with zero attached hydrogens (tertiary/aromatic N) is 4. The highest BCUT2D eigenvalue weighted by Crippen LogP contribution is 2.54. The Hall–Kier alpha value is -4.28. The Morgan fingerprint density at radius 3 is 2.48 bits per heavy atom. The summed E-state index contributed by atoms with van der Waals surface area (Å²) in [6.07, 6.45) is 0.695. The summed E-state index contributed by atoms with van der Waals surface area (Å²) < 4.78 is 6.88. The first-order valence-electron chi connectivity index (χ1n) is 13.7. The topological polar surface area (TPSA) is 96.6 Å². The molecule has 0 fully saturated rings. The molecule has 2 aliphatic rings. The van der Waals surface area contributed by atoms with Gasteiger partial charge >= 0.3 is 0 Å². The fraction of sp³-hybridized carbons (Fsp3) is 0.219. The van der Waals surface area contributed by atoms with E-state index in [2.05, 4.69) is 10.2 Å². The minimum Gasteiger partial charge on any atom is -0.450 e. The van der Waals surface area contributed by atoms with Crippen LogP contribution in [0.5, 0.6) is 0 Å². The van der Waals surface area contributed by atoms with Gasteiger partial charge in [0.15, 0.2) is 15.3 Å². The number of amides is 2. The van der Waals surface area contributed by atoms with Crippen molar-refractivity contribution in [2.45, 2.75) is 42.8 Å². The van der Waals surface area contributed by atoms with Gasteiger partial charge in [0.2, 0.25) is 10.9 Å². The van der Waals surface area contributed by atoms with Gasteiger partial charge in [-0.05, 0) is 55.2 Å². The van der Waals surface area contributed by atoms with Crippen LogP contribution in [0, 0.1) is 13.8 Å². The van der Waals surface area contributed by atoms with Crippen molar-refractivity contribution in [1.82, 2.24) is 10.2 Å². The number of carbonyl (C=O) groups is 2. The highest BCUT2D eigenvalue weighted by molar-refractivity contribution is 8.00. The van der Waals surface area contributed by atoms with Gasteiger partial charge in [0.25, 0.3) is 11.8 Å². The Labute approximate surface area is 250 Å². The number of rotatable bonds is 6. The summed E-state index contributed by atoms with van der Waals surface area (Å²) in [4.78, 5) is 46.5. The highest BCUT2D eigenvalue weighted by atomic mass is 32.2. The summed E-state index contributed by atoms with van der Waals surface area (Å²) in [5, 5.41) is 9.35. The first-order valence-corrected chi connectivity index (χ1v) is 15.5. The zero-order valence-corrected chi connectivity index (χ0v) is 24.8. The van der Waals surface area contributed by atoms with Crippen LogP contribution in [-0.2, 0) is 16.1 Å². The Morgan fingerprint density at radius 1 is 0.952 bits per heavy atom. The third kappa shape index (κ3) is 3.71. The van der Waals surface area contributed by atoms with Crippen LogP contribution in [0.1, 0.15) is 51.7 Å². The number of hydrogen-bond acceptors (Lipinski definition) is 8. The van der Waals surface area contributed by atoms with Gasteiger partial charge in [-0.25, -0.2) is 0 Å². The van der Waals surface area contributed by atoms with Crippen molar-refractivity contribution < 1.29 is 14.0 Å². The first kappa shape index (κ1) is 26.6. The molecule has 2 amide bonds. The molecule has 0 saturated carbocycles. The number of hydrogen-bond donors (Lipinski definition) is 0. The average Bonchev–Trinajstić information content (AvgIpc) is 3.63. The van der Waals surface area contributed by atoms with E-state index in [1.165, 1.54) is 28.0 Å². The number of fused-ring (bicyclic) bond motifs is 5. The van der Waals surface area contributed by atoms with Crippen molar-refractivity contribution >= 4 is 56.7 Å². The fourth-order valence-electron chi connectivity index (χ4n) is 5.93. The standard InChI is InChI=1S/C32H26N4O4S2/c1-4-14-35-23-13-9-8-12-22(23)32(29(35)39)25-26(37)21-15-18(2)19(3)16-24(21)40-27(25)28(38)36(32)30-33-34-31(42-30)41-17-20-10-6-5-7-11-20/h5-13,15-16H,4,14,17H2,1-3H3. The van der Waals surface area contributed by atoms with Gasteiger partial charge in [0, 0.05) is 17.9 Å². The van der Waals surface area contributed by atoms with Crippen LogP contribution in [0.4, 0.5) is 10.8 Å². The average molecular weight is 595 g/mol. The van der Waals surface area contributed by atoms with E-state index in [0.29, 0.717) is 45.3 Å². The lowest BCUT2D eigenvalue weighted by molar-refractivity contribution is -0.121. The molecular formula is C32H26N4O4S2. The highest BCUT2D eigenvalue weighted by Gasteiger charge is 2.66. The van der Waals surface area contributed by atoms with E-state index in [0.717, 1.165) is 16.7 Å². The number of aryl methyl sites for hydroxylation is 2. The first-order chi connectivity index (χ1) is 20.4. The van der Waals surface area contributed by atoms with Crippen LogP contribution in [0.15, 0.2) is 80.3 Å². The zero-order chi connectivity index (χ0) is 29.2. The normalized spacial score (nSPS) is 17.5. The van der Waals surface area contributed by atoms with Crippen molar-refractivity contribution in [1.29, 1.82) is 0 Å². The van der Waals surface area contributed by atoms with E-state index in [9.17, 15) is 14.4 Å². The lowest BCUT2D eigenvalue weighted by atomic mass is 9.84. The molecule has 3 aromatic carbocycles. The van der Waals surface area contributed by atoms with E-state index in [4.69, 9.17) is 4.42 Å². The summed E-state index contributed by atoms with van der Waals surface area (Å²) in [5.74, 6) is -0.419.